The SMILES string of the molecule is CCC(N)C/C(=C/CC(C)C)c1ccccc1. The summed E-state index contributed by atoms with van der Waals surface area (Å²) in [6.45, 7) is 6.65. The van der Waals surface area contributed by atoms with E-state index in [2.05, 4.69) is 57.2 Å². The summed E-state index contributed by atoms with van der Waals surface area (Å²) >= 11 is 0. The monoisotopic (exact) mass is 231 g/mol. The Bertz CT molecular complexity index is 338. The fourth-order valence-corrected chi connectivity index (χ4v) is 1.78. The Balaban J connectivity index is 2.83. The fraction of sp³-hybridized carbons (Fsp3) is 0.500. The minimum absolute atomic E-state index is 0.272. The van der Waals surface area contributed by atoms with Crippen molar-refractivity contribution in [3.63, 3.8) is 0 Å². The summed E-state index contributed by atoms with van der Waals surface area (Å²) < 4.78 is 0. The number of hydrogen-bond acceptors (Lipinski definition) is 1. The number of hydrogen-bond donors (Lipinski definition) is 1. The maximum absolute atomic E-state index is 6.08. The highest BCUT2D eigenvalue weighted by atomic mass is 14.6. The van der Waals surface area contributed by atoms with Crippen LogP contribution in [0.2, 0.25) is 0 Å². The molecule has 1 aromatic rings. The van der Waals surface area contributed by atoms with Crippen molar-refractivity contribution in [3.8, 4) is 0 Å². The lowest BCUT2D eigenvalue weighted by molar-refractivity contribution is 0.650. The Morgan fingerprint density at radius 2 is 1.88 bits per heavy atom. The summed E-state index contributed by atoms with van der Waals surface area (Å²) in [5.74, 6) is 0.701. The second-order valence-corrected chi connectivity index (χ2v) is 5.10. The van der Waals surface area contributed by atoms with Crippen LogP contribution in [0.4, 0.5) is 0 Å². The van der Waals surface area contributed by atoms with Gasteiger partial charge in [-0.15, -0.1) is 0 Å². The highest BCUT2D eigenvalue weighted by Gasteiger charge is 2.06. The highest BCUT2D eigenvalue weighted by molar-refractivity contribution is 5.65. The minimum atomic E-state index is 0.272. The molecule has 1 heteroatoms. The van der Waals surface area contributed by atoms with Crippen LogP contribution in [0.25, 0.3) is 5.57 Å². The van der Waals surface area contributed by atoms with Gasteiger partial charge in [-0.1, -0.05) is 57.2 Å². The van der Waals surface area contributed by atoms with Crippen LogP contribution in [-0.4, -0.2) is 6.04 Å². The van der Waals surface area contributed by atoms with E-state index in [9.17, 15) is 0 Å². The van der Waals surface area contributed by atoms with Gasteiger partial charge < -0.3 is 5.73 Å². The molecule has 94 valence electrons. The average molecular weight is 231 g/mol. The Labute approximate surface area is 106 Å². The van der Waals surface area contributed by atoms with Crippen molar-refractivity contribution in [2.75, 3.05) is 0 Å². The van der Waals surface area contributed by atoms with Crippen LogP contribution in [0, 0.1) is 5.92 Å². The topological polar surface area (TPSA) is 26.0 Å². The van der Waals surface area contributed by atoms with E-state index in [1.54, 1.807) is 0 Å². The van der Waals surface area contributed by atoms with Crippen molar-refractivity contribution in [2.24, 2.45) is 11.7 Å². The molecule has 0 aromatic heterocycles. The van der Waals surface area contributed by atoms with Crippen LogP contribution in [0.5, 0.6) is 0 Å². The van der Waals surface area contributed by atoms with E-state index in [0.29, 0.717) is 5.92 Å². The third-order valence-electron chi connectivity index (χ3n) is 2.99. The van der Waals surface area contributed by atoms with E-state index < -0.39 is 0 Å². The number of benzene rings is 1. The average Bonchev–Trinajstić information content (AvgIpc) is 2.35. The third kappa shape index (κ3) is 5.18. The molecule has 17 heavy (non-hydrogen) atoms. The van der Waals surface area contributed by atoms with Gasteiger partial charge in [-0.2, -0.15) is 0 Å². The van der Waals surface area contributed by atoms with Crippen molar-refractivity contribution in [3.05, 3.63) is 42.0 Å². The summed E-state index contributed by atoms with van der Waals surface area (Å²) in [5, 5.41) is 0. The largest absolute Gasteiger partial charge is 0.327 e. The molecule has 0 aliphatic rings. The lowest BCUT2D eigenvalue weighted by atomic mass is 9.95. The summed E-state index contributed by atoms with van der Waals surface area (Å²) in [6, 6.07) is 10.9. The van der Waals surface area contributed by atoms with E-state index in [4.69, 9.17) is 5.73 Å². The van der Waals surface area contributed by atoms with Crippen molar-refractivity contribution in [1.82, 2.24) is 0 Å². The molecule has 0 saturated carbocycles. The molecule has 0 spiro atoms. The Kier molecular flexibility index (Phi) is 5.99. The van der Waals surface area contributed by atoms with Gasteiger partial charge in [0.1, 0.15) is 0 Å². The van der Waals surface area contributed by atoms with Gasteiger partial charge in [0, 0.05) is 6.04 Å². The molecule has 0 radical (unpaired) electrons. The van der Waals surface area contributed by atoms with Crippen LogP contribution < -0.4 is 5.73 Å². The first kappa shape index (κ1) is 14.0. The first-order chi connectivity index (χ1) is 8.13. The van der Waals surface area contributed by atoms with Gasteiger partial charge in [0.15, 0.2) is 0 Å². The van der Waals surface area contributed by atoms with Gasteiger partial charge in [-0.05, 0) is 36.3 Å². The van der Waals surface area contributed by atoms with Gasteiger partial charge in [-0.25, -0.2) is 0 Å². The smallest absolute Gasteiger partial charge is 0.00767 e. The van der Waals surface area contributed by atoms with E-state index in [1.165, 1.54) is 11.1 Å². The lowest BCUT2D eigenvalue weighted by Gasteiger charge is -2.14. The molecule has 0 saturated heterocycles. The Morgan fingerprint density at radius 1 is 1.24 bits per heavy atom. The summed E-state index contributed by atoms with van der Waals surface area (Å²) in [5.41, 5.74) is 8.79. The van der Waals surface area contributed by atoms with Crippen molar-refractivity contribution in [2.45, 2.75) is 46.1 Å². The highest BCUT2D eigenvalue weighted by Crippen LogP contribution is 2.22. The van der Waals surface area contributed by atoms with Crippen LogP contribution in [0.3, 0.4) is 0 Å². The molecule has 0 amide bonds. The molecule has 1 rings (SSSR count). The van der Waals surface area contributed by atoms with E-state index >= 15 is 0 Å². The van der Waals surface area contributed by atoms with Gasteiger partial charge in [-0.3, -0.25) is 0 Å². The number of allylic oxidation sites excluding steroid dienone is 1. The zero-order chi connectivity index (χ0) is 12.7. The molecular formula is C16H25N. The first-order valence-corrected chi connectivity index (χ1v) is 6.63. The first-order valence-electron chi connectivity index (χ1n) is 6.63. The normalized spacial score (nSPS) is 14.1. The minimum Gasteiger partial charge on any atom is -0.327 e. The van der Waals surface area contributed by atoms with Gasteiger partial charge in [0.05, 0.1) is 0 Å². The summed E-state index contributed by atoms with van der Waals surface area (Å²) in [4.78, 5) is 0. The van der Waals surface area contributed by atoms with Crippen LogP contribution in [0.1, 0.15) is 45.6 Å². The summed E-state index contributed by atoms with van der Waals surface area (Å²) in [6.07, 6.45) is 5.50. The molecule has 0 bridgehead atoms. The van der Waals surface area contributed by atoms with Crippen LogP contribution >= 0.6 is 0 Å². The fourth-order valence-electron chi connectivity index (χ4n) is 1.78. The van der Waals surface area contributed by atoms with Crippen LogP contribution in [-0.2, 0) is 0 Å². The van der Waals surface area contributed by atoms with Crippen molar-refractivity contribution < 1.29 is 0 Å². The van der Waals surface area contributed by atoms with Gasteiger partial charge in [0.2, 0.25) is 0 Å². The predicted molar refractivity (Wildman–Crippen MR) is 76.8 cm³/mol. The molecule has 1 aromatic carbocycles. The van der Waals surface area contributed by atoms with E-state index in [1.807, 2.05) is 0 Å². The van der Waals surface area contributed by atoms with Gasteiger partial charge >= 0.3 is 0 Å². The zero-order valence-corrected chi connectivity index (χ0v) is 11.3. The molecule has 0 heterocycles. The molecule has 0 aliphatic carbocycles. The summed E-state index contributed by atoms with van der Waals surface area (Å²) in [7, 11) is 0. The maximum Gasteiger partial charge on any atom is 0.00767 e. The van der Waals surface area contributed by atoms with Crippen molar-refractivity contribution in [1.29, 1.82) is 0 Å². The second kappa shape index (κ2) is 7.29. The molecule has 1 unspecified atom stereocenters. The molecule has 1 atom stereocenters. The van der Waals surface area contributed by atoms with Crippen molar-refractivity contribution >= 4 is 5.57 Å². The molecule has 0 aliphatic heterocycles. The standard InChI is InChI=1S/C16H25N/c1-4-16(17)12-15(11-10-13(2)3)14-8-6-5-7-9-14/h5-9,11,13,16H,4,10,12,17H2,1-3H3/b15-11-. The predicted octanol–water partition coefficient (Wildman–Crippen LogP) is 4.24. The number of nitrogens with two attached hydrogens (primary N) is 1. The Morgan fingerprint density at radius 3 is 2.41 bits per heavy atom. The Hall–Kier alpha value is -1.08. The third-order valence-corrected chi connectivity index (χ3v) is 2.99. The van der Waals surface area contributed by atoms with E-state index in [0.717, 1.165) is 19.3 Å². The van der Waals surface area contributed by atoms with E-state index in [-0.39, 0.29) is 6.04 Å². The molecule has 2 N–H and O–H groups in total. The zero-order valence-electron chi connectivity index (χ0n) is 11.3. The number of rotatable bonds is 6. The van der Waals surface area contributed by atoms with Gasteiger partial charge in [0.25, 0.3) is 0 Å². The lowest BCUT2D eigenvalue weighted by Crippen LogP contribution is -2.18. The van der Waals surface area contributed by atoms with Crippen LogP contribution in [0.15, 0.2) is 36.4 Å². The molecule has 0 fully saturated rings. The quantitative estimate of drug-likeness (QED) is 0.778. The second-order valence-electron chi connectivity index (χ2n) is 5.10. The maximum atomic E-state index is 6.08. The molecular weight excluding hydrogens is 206 g/mol. The molecule has 1 nitrogen and oxygen atoms in total.